The third-order valence-electron chi connectivity index (χ3n) is 6.32. The first-order chi connectivity index (χ1) is 15.0. The SMILES string of the molecule is Cc1ccc2c(c1)c(-c1cn(C)cc1-c1cn(CCCN)c3ccc(C)cc13)cn2C. The summed E-state index contributed by atoms with van der Waals surface area (Å²) >= 11 is 0. The van der Waals surface area contributed by atoms with Crippen LogP contribution in [-0.4, -0.2) is 20.2 Å². The van der Waals surface area contributed by atoms with Crippen molar-refractivity contribution in [2.45, 2.75) is 26.8 Å². The van der Waals surface area contributed by atoms with Crippen LogP contribution >= 0.6 is 0 Å². The Morgan fingerprint density at radius 1 is 0.710 bits per heavy atom. The molecule has 0 spiro atoms. The predicted octanol–water partition coefficient (Wildman–Crippen LogP) is 5.77. The molecule has 0 radical (unpaired) electrons. The summed E-state index contributed by atoms with van der Waals surface area (Å²) in [5, 5.41) is 2.61. The van der Waals surface area contributed by atoms with Crippen molar-refractivity contribution in [3.63, 3.8) is 0 Å². The van der Waals surface area contributed by atoms with Crippen molar-refractivity contribution in [1.82, 2.24) is 13.7 Å². The maximum atomic E-state index is 5.81. The number of nitrogens with two attached hydrogens (primary N) is 1. The van der Waals surface area contributed by atoms with Crippen molar-refractivity contribution < 1.29 is 0 Å². The second-order valence-electron chi connectivity index (χ2n) is 8.82. The fourth-order valence-electron chi connectivity index (χ4n) is 4.81. The molecule has 3 aromatic heterocycles. The van der Waals surface area contributed by atoms with E-state index in [-0.39, 0.29) is 0 Å². The van der Waals surface area contributed by atoms with Gasteiger partial charge in [0.1, 0.15) is 0 Å². The molecule has 0 unspecified atom stereocenters. The van der Waals surface area contributed by atoms with E-state index in [1.54, 1.807) is 0 Å². The summed E-state index contributed by atoms with van der Waals surface area (Å²) in [6, 6.07) is 13.5. The summed E-state index contributed by atoms with van der Waals surface area (Å²) in [6.07, 6.45) is 10.1. The van der Waals surface area contributed by atoms with Crippen molar-refractivity contribution in [2.24, 2.45) is 19.8 Å². The molecule has 0 amide bonds. The van der Waals surface area contributed by atoms with E-state index in [9.17, 15) is 0 Å². The minimum absolute atomic E-state index is 0.701. The normalized spacial score (nSPS) is 11.8. The average molecular weight is 411 g/mol. The number of fused-ring (bicyclic) bond motifs is 2. The molecule has 2 N–H and O–H groups in total. The van der Waals surface area contributed by atoms with Gasteiger partial charge >= 0.3 is 0 Å². The largest absolute Gasteiger partial charge is 0.356 e. The van der Waals surface area contributed by atoms with Gasteiger partial charge in [0.05, 0.1) is 0 Å². The van der Waals surface area contributed by atoms with Crippen LogP contribution in [0.4, 0.5) is 0 Å². The summed E-state index contributed by atoms with van der Waals surface area (Å²) in [5.41, 5.74) is 16.0. The number of nitrogens with zero attached hydrogens (tertiary/aromatic N) is 3. The topological polar surface area (TPSA) is 40.8 Å². The Morgan fingerprint density at radius 2 is 1.29 bits per heavy atom. The molecule has 31 heavy (non-hydrogen) atoms. The minimum atomic E-state index is 0.701. The zero-order valence-corrected chi connectivity index (χ0v) is 18.8. The summed E-state index contributed by atoms with van der Waals surface area (Å²) in [7, 11) is 4.24. The third kappa shape index (κ3) is 3.28. The number of aryl methyl sites for hydroxylation is 5. The van der Waals surface area contributed by atoms with Crippen LogP contribution in [0.1, 0.15) is 17.5 Å². The van der Waals surface area contributed by atoms with E-state index < -0.39 is 0 Å². The molecule has 2 aromatic carbocycles. The monoisotopic (exact) mass is 410 g/mol. The smallest absolute Gasteiger partial charge is 0.0486 e. The molecule has 3 heterocycles. The van der Waals surface area contributed by atoms with Crippen LogP contribution in [0.5, 0.6) is 0 Å². The van der Waals surface area contributed by atoms with Gasteiger partial charge in [-0.05, 0) is 51.1 Å². The minimum Gasteiger partial charge on any atom is -0.356 e. The van der Waals surface area contributed by atoms with Crippen LogP contribution in [0.3, 0.4) is 0 Å². The highest BCUT2D eigenvalue weighted by atomic mass is 15.0. The highest BCUT2D eigenvalue weighted by Crippen LogP contribution is 2.41. The first kappa shape index (κ1) is 19.7. The molecular formula is C27H30N4. The van der Waals surface area contributed by atoms with E-state index in [1.807, 2.05) is 0 Å². The molecule has 158 valence electrons. The molecule has 0 bridgehead atoms. The lowest BCUT2D eigenvalue weighted by atomic mass is 9.97. The van der Waals surface area contributed by atoms with Crippen molar-refractivity contribution in [3.8, 4) is 22.3 Å². The maximum Gasteiger partial charge on any atom is 0.0486 e. The van der Waals surface area contributed by atoms with E-state index >= 15 is 0 Å². The molecule has 0 aliphatic carbocycles. The fourth-order valence-corrected chi connectivity index (χ4v) is 4.81. The summed E-state index contributed by atoms with van der Waals surface area (Å²) < 4.78 is 6.77. The van der Waals surface area contributed by atoms with Gasteiger partial charge in [0.25, 0.3) is 0 Å². The third-order valence-corrected chi connectivity index (χ3v) is 6.32. The van der Waals surface area contributed by atoms with E-state index in [0.717, 1.165) is 13.0 Å². The first-order valence-electron chi connectivity index (χ1n) is 11.0. The van der Waals surface area contributed by atoms with Gasteiger partial charge in [-0.15, -0.1) is 0 Å². The molecule has 0 saturated carbocycles. The molecular weight excluding hydrogens is 380 g/mol. The Labute approximate surface area is 183 Å². The highest BCUT2D eigenvalue weighted by molar-refractivity contribution is 6.05. The molecule has 5 aromatic rings. The standard InChI is InChI=1S/C27H30N4/c1-18-6-8-26-20(12-18)24(16-30(26)4)22-14-29(3)15-23(22)25-17-31(11-5-10-28)27-9-7-19(2)13-21(25)27/h6-9,12-17H,5,10-11,28H2,1-4H3. The van der Waals surface area contributed by atoms with Crippen LogP contribution in [0.15, 0.2) is 61.2 Å². The van der Waals surface area contributed by atoms with Gasteiger partial charge in [0.2, 0.25) is 0 Å². The van der Waals surface area contributed by atoms with Crippen LogP contribution in [0, 0.1) is 13.8 Å². The molecule has 0 fully saturated rings. The summed E-state index contributed by atoms with van der Waals surface area (Å²) in [6.45, 7) is 5.97. The van der Waals surface area contributed by atoms with Crippen LogP contribution in [0.25, 0.3) is 44.1 Å². The molecule has 0 saturated heterocycles. The van der Waals surface area contributed by atoms with Crippen LogP contribution < -0.4 is 5.73 Å². The molecule has 0 aliphatic heterocycles. The van der Waals surface area contributed by atoms with Crippen molar-refractivity contribution in [3.05, 3.63) is 72.3 Å². The van der Waals surface area contributed by atoms with E-state index in [2.05, 4.69) is 103 Å². The van der Waals surface area contributed by atoms with Gasteiger partial charge in [-0.25, -0.2) is 0 Å². The van der Waals surface area contributed by atoms with E-state index in [4.69, 9.17) is 5.73 Å². The number of rotatable bonds is 5. The Kier molecular flexibility index (Phi) is 4.75. The Hall–Kier alpha value is -3.24. The van der Waals surface area contributed by atoms with Crippen molar-refractivity contribution in [1.29, 1.82) is 0 Å². The Morgan fingerprint density at radius 3 is 1.94 bits per heavy atom. The molecule has 0 aliphatic rings. The Balaban J connectivity index is 1.77. The average Bonchev–Trinajstić information content (AvgIpc) is 3.39. The first-order valence-corrected chi connectivity index (χ1v) is 11.0. The van der Waals surface area contributed by atoms with Crippen molar-refractivity contribution in [2.75, 3.05) is 6.54 Å². The lowest BCUT2D eigenvalue weighted by Crippen LogP contribution is -2.04. The number of aromatic nitrogens is 3. The highest BCUT2D eigenvalue weighted by Gasteiger charge is 2.19. The summed E-state index contributed by atoms with van der Waals surface area (Å²) in [4.78, 5) is 0. The zero-order valence-electron chi connectivity index (χ0n) is 18.8. The quantitative estimate of drug-likeness (QED) is 0.392. The summed E-state index contributed by atoms with van der Waals surface area (Å²) in [5.74, 6) is 0. The second kappa shape index (κ2) is 7.47. The van der Waals surface area contributed by atoms with E-state index in [0.29, 0.717) is 6.54 Å². The number of hydrogen-bond acceptors (Lipinski definition) is 1. The molecule has 4 heteroatoms. The van der Waals surface area contributed by atoms with Crippen LogP contribution in [-0.2, 0) is 20.6 Å². The van der Waals surface area contributed by atoms with Gasteiger partial charge in [0, 0.05) is 89.5 Å². The van der Waals surface area contributed by atoms with Gasteiger partial charge in [-0.3, -0.25) is 0 Å². The Bertz CT molecular complexity index is 1410. The van der Waals surface area contributed by atoms with E-state index in [1.165, 1.54) is 55.2 Å². The lowest BCUT2D eigenvalue weighted by Gasteiger charge is -2.04. The maximum absolute atomic E-state index is 5.81. The number of hydrogen-bond donors (Lipinski definition) is 1. The van der Waals surface area contributed by atoms with Crippen LogP contribution in [0.2, 0.25) is 0 Å². The van der Waals surface area contributed by atoms with Gasteiger partial charge < -0.3 is 19.4 Å². The lowest BCUT2D eigenvalue weighted by molar-refractivity contribution is 0.671. The van der Waals surface area contributed by atoms with Gasteiger partial charge in [-0.1, -0.05) is 23.3 Å². The molecule has 0 atom stereocenters. The molecule has 4 nitrogen and oxygen atoms in total. The van der Waals surface area contributed by atoms with Gasteiger partial charge in [0.15, 0.2) is 0 Å². The van der Waals surface area contributed by atoms with Gasteiger partial charge in [-0.2, -0.15) is 0 Å². The second-order valence-corrected chi connectivity index (χ2v) is 8.82. The fraction of sp³-hybridized carbons (Fsp3) is 0.259. The van der Waals surface area contributed by atoms with Crippen molar-refractivity contribution >= 4 is 21.8 Å². The predicted molar refractivity (Wildman–Crippen MR) is 131 cm³/mol. The number of benzene rings is 2. The zero-order chi connectivity index (χ0) is 21.7. The molecule has 5 rings (SSSR count).